The molecule has 0 radical (unpaired) electrons. The molecular weight excluding hydrogens is 392 g/mol. The summed E-state index contributed by atoms with van der Waals surface area (Å²) in [5, 5.41) is 22.9. The van der Waals surface area contributed by atoms with E-state index in [1.807, 2.05) is 48.5 Å². The molecule has 3 aromatic carbocycles. The summed E-state index contributed by atoms with van der Waals surface area (Å²) in [5.41, 5.74) is 4.84. The molecule has 4 rings (SSSR count). The van der Waals surface area contributed by atoms with Gasteiger partial charge in [0.2, 0.25) is 0 Å². The lowest BCUT2D eigenvalue weighted by atomic mass is 10.1. The minimum atomic E-state index is 0.221. The summed E-state index contributed by atoms with van der Waals surface area (Å²) in [6, 6.07) is 19.9. The maximum atomic E-state index is 5.57. The summed E-state index contributed by atoms with van der Waals surface area (Å²) in [4.78, 5) is 0. The summed E-state index contributed by atoms with van der Waals surface area (Å²) < 4.78 is 11.1. The summed E-state index contributed by atoms with van der Waals surface area (Å²) in [6.07, 6.45) is 0.900. The molecule has 0 saturated heterocycles. The van der Waals surface area contributed by atoms with Crippen LogP contribution >= 0.6 is 0 Å². The zero-order valence-corrected chi connectivity index (χ0v) is 17.7. The largest absolute Gasteiger partial charge is 0.494 e. The van der Waals surface area contributed by atoms with Gasteiger partial charge in [0.1, 0.15) is 11.0 Å². The number of nitrogens with zero attached hydrogens (tertiary/aromatic N) is 4. The van der Waals surface area contributed by atoms with E-state index in [9.17, 15) is 0 Å². The second kappa shape index (κ2) is 9.25. The van der Waals surface area contributed by atoms with Crippen LogP contribution in [0.15, 0.2) is 70.9 Å². The number of ether oxygens (including phenoxy) is 2. The van der Waals surface area contributed by atoms with Crippen LogP contribution in [0.2, 0.25) is 0 Å². The lowest BCUT2D eigenvalue weighted by Crippen LogP contribution is -2.18. The molecule has 158 valence electrons. The fraction of sp³-hybridized carbons (Fsp3) is 0.217. The fourth-order valence-corrected chi connectivity index (χ4v) is 3.38. The highest BCUT2D eigenvalue weighted by Gasteiger charge is 2.14. The van der Waals surface area contributed by atoms with Crippen molar-refractivity contribution in [1.82, 2.24) is 15.4 Å². The smallest absolute Gasteiger partial charge is 0.170 e. The molecule has 0 saturated carbocycles. The number of aromatic amines is 1. The summed E-state index contributed by atoms with van der Waals surface area (Å²) in [7, 11) is 3.21. The molecule has 1 unspecified atom stereocenters. The van der Waals surface area contributed by atoms with Crippen molar-refractivity contribution in [3.63, 3.8) is 0 Å². The van der Waals surface area contributed by atoms with Crippen molar-refractivity contribution in [3.05, 3.63) is 66.2 Å². The van der Waals surface area contributed by atoms with Crippen LogP contribution in [-0.2, 0) is 6.42 Å². The fourth-order valence-electron chi connectivity index (χ4n) is 3.38. The number of fused-ring (bicyclic) bond motifs is 1. The molecule has 4 aromatic rings. The van der Waals surface area contributed by atoms with Crippen LogP contribution in [0.5, 0.6) is 11.5 Å². The Bertz CT molecular complexity index is 1160. The van der Waals surface area contributed by atoms with E-state index >= 15 is 0 Å². The molecule has 1 heterocycles. The minimum absolute atomic E-state index is 0.221. The number of benzene rings is 3. The van der Waals surface area contributed by atoms with Crippen LogP contribution in [0, 0.1) is 0 Å². The zero-order valence-electron chi connectivity index (χ0n) is 17.7. The molecule has 31 heavy (non-hydrogen) atoms. The predicted octanol–water partition coefficient (Wildman–Crippen LogP) is 5.43. The Hall–Kier alpha value is -3.94. The summed E-state index contributed by atoms with van der Waals surface area (Å²) in [5.74, 6) is 1.14. The number of aromatic nitrogens is 3. The standard InChI is InChI=1S/C23H24N6O2/c1-15(11-16-7-5-4-6-8-16)24-18-13-21(30-2)23(22(14-18)31-3)28-25-17-9-10-19-20(12-17)27-29-26-19/h4-10,12-15,24H,11H2,1-3H3,(H,26,27,29). The van der Waals surface area contributed by atoms with Gasteiger partial charge in [-0.25, -0.2) is 0 Å². The molecule has 2 N–H and O–H groups in total. The predicted molar refractivity (Wildman–Crippen MR) is 121 cm³/mol. The Morgan fingerprint density at radius 1 is 0.903 bits per heavy atom. The van der Waals surface area contributed by atoms with Gasteiger partial charge in [-0.1, -0.05) is 30.3 Å². The maximum absolute atomic E-state index is 5.57. The Kier molecular flexibility index (Phi) is 6.07. The number of hydrogen-bond donors (Lipinski definition) is 2. The van der Waals surface area contributed by atoms with Crippen molar-refractivity contribution < 1.29 is 9.47 Å². The topological polar surface area (TPSA) is 96.8 Å². The molecule has 0 aliphatic heterocycles. The molecule has 0 aliphatic carbocycles. The van der Waals surface area contributed by atoms with Gasteiger partial charge in [0, 0.05) is 23.9 Å². The van der Waals surface area contributed by atoms with E-state index in [-0.39, 0.29) is 6.04 Å². The van der Waals surface area contributed by atoms with Crippen LogP contribution < -0.4 is 14.8 Å². The van der Waals surface area contributed by atoms with Crippen LogP contribution in [-0.4, -0.2) is 35.7 Å². The lowest BCUT2D eigenvalue weighted by molar-refractivity contribution is 0.396. The third-order valence-corrected chi connectivity index (χ3v) is 4.84. The number of rotatable bonds is 8. The Morgan fingerprint density at radius 2 is 1.61 bits per heavy atom. The highest BCUT2D eigenvalue weighted by atomic mass is 16.5. The molecule has 1 aromatic heterocycles. The van der Waals surface area contributed by atoms with Crippen LogP contribution in [0.25, 0.3) is 11.0 Å². The molecule has 8 heteroatoms. The summed E-state index contributed by atoms with van der Waals surface area (Å²) in [6.45, 7) is 2.14. The van der Waals surface area contributed by atoms with Gasteiger partial charge in [-0.3, -0.25) is 0 Å². The molecule has 0 spiro atoms. The first kappa shape index (κ1) is 20.3. The van der Waals surface area contributed by atoms with Crippen molar-refractivity contribution >= 4 is 28.1 Å². The first-order chi connectivity index (χ1) is 15.2. The highest BCUT2D eigenvalue weighted by Crippen LogP contribution is 2.41. The normalized spacial score (nSPS) is 12.2. The van der Waals surface area contributed by atoms with Gasteiger partial charge >= 0.3 is 0 Å². The molecule has 0 fully saturated rings. The van der Waals surface area contributed by atoms with Crippen LogP contribution in [0.4, 0.5) is 17.1 Å². The zero-order chi connectivity index (χ0) is 21.6. The van der Waals surface area contributed by atoms with Crippen molar-refractivity contribution in [2.75, 3.05) is 19.5 Å². The average Bonchev–Trinajstić information content (AvgIpc) is 3.26. The number of hydrogen-bond acceptors (Lipinski definition) is 7. The molecule has 0 amide bonds. The second-order valence-corrected chi connectivity index (χ2v) is 7.16. The third-order valence-electron chi connectivity index (χ3n) is 4.84. The monoisotopic (exact) mass is 416 g/mol. The number of anilines is 1. The van der Waals surface area contributed by atoms with Crippen molar-refractivity contribution in [3.8, 4) is 11.5 Å². The van der Waals surface area contributed by atoms with Gasteiger partial charge in [0.15, 0.2) is 17.2 Å². The van der Waals surface area contributed by atoms with Gasteiger partial charge in [0.25, 0.3) is 0 Å². The molecule has 8 nitrogen and oxygen atoms in total. The van der Waals surface area contributed by atoms with Gasteiger partial charge in [-0.2, -0.15) is 20.5 Å². The quantitative estimate of drug-likeness (QED) is 0.373. The molecule has 0 aliphatic rings. The van der Waals surface area contributed by atoms with Crippen LogP contribution in [0.1, 0.15) is 12.5 Å². The number of H-pyrrole nitrogens is 1. The SMILES string of the molecule is COc1cc(NC(C)Cc2ccccc2)cc(OC)c1N=Nc1ccc2n[nH]nc2c1. The van der Waals surface area contributed by atoms with Gasteiger partial charge in [-0.15, -0.1) is 5.11 Å². The van der Waals surface area contributed by atoms with E-state index in [1.54, 1.807) is 14.2 Å². The van der Waals surface area contributed by atoms with E-state index in [1.165, 1.54) is 5.56 Å². The number of nitrogens with one attached hydrogen (secondary N) is 2. The first-order valence-corrected chi connectivity index (χ1v) is 9.95. The molecule has 0 bridgehead atoms. The van der Waals surface area contributed by atoms with Gasteiger partial charge in [0.05, 0.1) is 19.9 Å². The van der Waals surface area contributed by atoms with Gasteiger partial charge < -0.3 is 14.8 Å². The van der Waals surface area contributed by atoms with E-state index in [4.69, 9.17) is 9.47 Å². The van der Waals surface area contributed by atoms with E-state index in [2.05, 4.69) is 50.0 Å². The van der Waals surface area contributed by atoms with Crippen molar-refractivity contribution in [1.29, 1.82) is 0 Å². The second-order valence-electron chi connectivity index (χ2n) is 7.16. The first-order valence-electron chi connectivity index (χ1n) is 9.95. The van der Waals surface area contributed by atoms with Crippen molar-refractivity contribution in [2.24, 2.45) is 10.2 Å². The van der Waals surface area contributed by atoms with E-state index in [0.717, 1.165) is 23.1 Å². The average molecular weight is 416 g/mol. The third kappa shape index (κ3) is 4.80. The van der Waals surface area contributed by atoms with Crippen molar-refractivity contribution in [2.45, 2.75) is 19.4 Å². The number of methoxy groups -OCH3 is 2. The van der Waals surface area contributed by atoms with Gasteiger partial charge in [-0.05, 0) is 37.1 Å². The van der Waals surface area contributed by atoms with Crippen LogP contribution in [0.3, 0.4) is 0 Å². The molecular formula is C23H24N6O2. The van der Waals surface area contributed by atoms with E-state index < -0.39 is 0 Å². The number of azo groups is 1. The van der Waals surface area contributed by atoms with E-state index in [0.29, 0.717) is 22.9 Å². The molecule has 1 atom stereocenters. The lowest BCUT2D eigenvalue weighted by Gasteiger charge is -2.18. The Balaban J connectivity index is 1.56. The minimum Gasteiger partial charge on any atom is -0.494 e. The highest BCUT2D eigenvalue weighted by molar-refractivity contribution is 5.77. The summed E-state index contributed by atoms with van der Waals surface area (Å²) >= 11 is 0. The Labute approximate surface area is 180 Å². The Morgan fingerprint density at radius 3 is 2.32 bits per heavy atom. The maximum Gasteiger partial charge on any atom is 0.170 e.